The van der Waals surface area contributed by atoms with Gasteiger partial charge in [-0.1, -0.05) is 12.1 Å². The molecule has 2 fully saturated rings. The summed E-state index contributed by atoms with van der Waals surface area (Å²) < 4.78 is 14.1. The van der Waals surface area contributed by atoms with E-state index in [1.54, 1.807) is 12.1 Å². The number of nitrogens with zero attached hydrogens (tertiary/aromatic N) is 2. The first-order valence-electron chi connectivity index (χ1n) is 7.89. The van der Waals surface area contributed by atoms with E-state index in [1.807, 2.05) is 6.07 Å². The third-order valence-corrected chi connectivity index (χ3v) is 4.47. The maximum Gasteiger partial charge on any atom is 0.145 e. The van der Waals surface area contributed by atoms with Gasteiger partial charge in [-0.25, -0.2) is 4.39 Å². The van der Waals surface area contributed by atoms with Gasteiger partial charge in [0.1, 0.15) is 11.9 Å². The zero-order valence-corrected chi connectivity index (χ0v) is 12.3. The van der Waals surface area contributed by atoms with Crippen molar-refractivity contribution in [3.63, 3.8) is 0 Å². The lowest BCUT2D eigenvalue weighted by Gasteiger charge is -2.33. The Morgan fingerprint density at radius 3 is 2.95 bits per heavy atom. The molecule has 2 aliphatic rings. The molecule has 1 aromatic carbocycles. The van der Waals surface area contributed by atoms with E-state index < -0.39 is 0 Å². The summed E-state index contributed by atoms with van der Waals surface area (Å²) in [6.07, 6.45) is 5.08. The molecule has 21 heavy (non-hydrogen) atoms. The number of nitrogens with one attached hydrogen (secondary N) is 1. The van der Waals surface area contributed by atoms with Crippen molar-refractivity contribution in [2.75, 3.05) is 19.6 Å². The Hall–Kier alpha value is -1.44. The lowest BCUT2D eigenvalue weighted by molar-refractivity contribution is 0.163. The zero-order chi connectivity index (χ0) is 14.7. The van der Waals surface area contributed by atoms with Crippen LogP contribution in [0.2, 0.25) is 0 Å². The van der Waals surface area contributed by atoms with Gasteiger partial charge in [-0.05, 0) is 50.8 Å². The van der Waals surface area contributed by atoms with Crippen molar-refractivity contribution in [1.82, 2.24) is 10.2 Å². The third kappa shape index (κ3) is 3.81. The van der Waals surface area contributed by atoms with Gasteiger partial charge >= 0.3 is 0 Å². The van der Waals surface area contributed by atoms with E-state index in [-0.39, 0.29) is 11.4 Å². The SMILES string of the molecule is N#Cc1cccc(CN2CCCC(CNC3CC3)C2)c1F. The lowest BCUT2D eigenvalue weighted by Crippen LogP contribution is -2.39. The van der Waals surface area contributed by atoms with Crippen LogP contribution in [0.3, 0.4) is 0 Å². The third-order valence-electron chi connectivity index (χ3n) is 4.47. The van der Waals surface area contributed by atoms with Gasteiger partial charge in [-0.2, -0.15) is 5.26 Å². The van der Waals surface area contributed by atoms with Crippen LogP contribution in [0.15, 0.2) is 18.2 Å². The fourth-order valence-corrected chi connectivity index (χ4v) is 3.11. The van der Waals surface area contributed by atoms with Crippen LogP contribution in [0.4, 0.5) is 4.39 Å². The molecule has 1 heterocycles. The lowest BCUT2D eigenvalue weighted by atomic mass is 9.97. The van der Waals surface area contributed by atoms with Gasteiger partial charge in [-0.3, -0.25) is 4.90 Å². The van der Waals surface area contributed by atoms with Crippen LogP contribution in [0.5, 0.6) is 0 Å². The van der Waals surface area contributed by atoms with E-state index in [2.05, 4.69) is 10.2 Å². The predicted octanol–water partition coefficient (Wildman–Crippen LogP) is 2.66. The standard InChI is InChI=1S/C17H22FN3/c18-17-14(9-19)4-1-5-15(17)12-21-8-2-3-13(11-21)10-20-16-6-7-16/h1,4-5,13,16,20H,2-3,6-8,10-12H2. The number of hydrogen-bond acceptors (Lipinski definition) is 3. The normalized spacial score (nSPS) is 23.0. The number of benzene rings is 1. The van der Waals surface area contributed by atoms with E-state index in [0.717, 1.165) is 25.7 Å². The minimum Gasteiger partial charge on any atom is -0.314 e. The van der Waals surface area contributed by atoms with E-state index >= 15 is 0 Å². The average molecular weight is 287 g/mol. The summed E-state index contributed by atoms with van der Waals surface area (Å²) in [5.74, 6) is 0.319. The molecule has 0 bridgehead atoms. The molecule has 1 atom stereocenters. The smallest absolute Gasteiger partial charge is 0.145 e. The second-order valence-electron chi connectivity index (χ2n) is 6.32. The van der Waals surface area contributed by atoms with Crippen molar-refractivity contribution in [1.29, 1.82) is 5.26 Å². The Balaban J connectivity index is 1.57. The van der Waals surface area contributed by atoms with Crippen molar-refractivity contribution in [3.05, 3.63) is 35.1 Å². The highest BCUT2D eigenvalue weighted by atomic mass is 19.1. The van der Waals surface area contributed by atoms with Crippen LogP contribution in [0.1, 0.15) is 36.8 Å². The first-order chi connectivity index (χ1) is 10.3. The van der Waals surface area contributed by atoms with Crippen molar-refractivity contribution in [2.24, 2.45) is 5.92 Å². The summed E-state index contributed by atoms with van der Waals surface area (Å²) in [6.45, 7) is 3.75. The molecule has 0 amide bonds. The fourth-order valence-electron chi connectivity index (χ4n) is 3.11. The molecule has 0 aromatic heterocycles. The van der Waals surface area contributed by atoms with Crippen molar-refractivity contribution in [3.8, 4) is 6.07 Å². The predicted molar refractivity (Wildman–Crippen MR) is 80.1 cm³/mol. The molecule has 1 aliphatic heterocycles. The number of piperidine rings is 1. The largest absolute Gasteiger partial charge is 0.314 e. The van der Waals surface area contributed by atoms with Gasteiger partial charge < -0.3 is 5.32 Å². The Labute approximate surface area is 125 Å². The molecular weight excluding hydrogens is 265 g/mol. The number of likely N-dealkylation sites (tertiary alicyclic amines) is 1. The molecule has 0 spiro atoms. The number of nitriles is 1. The highest BCUT2D eigenvalue weighted by molar-refractivity contribution is 5.34. The Kier molecular flexibility index (Phi) is 4.52. The summed E-state index contributed by atoms with van der Waals surface area (Å²) in [6, 6.07) is 7.78. The molecule has 0 radical (unpaired) electrons. The summed E-state index contributed by atoms with van der Waals surface area (Å²) in [5.41, 5.74) is 0.793. The van der Waals surface area contributed by atoms with Gasteiger partial charge in [0.25, 0.3) is 0 Å². The highest BCUT2D eigenvalue weighted by Gasteiger charge is 2.25. The fraction of sp³-hybridized carbons (Fsp3) is 0.588. The molecule has 4 heteroatoms. The first kappa shape index (κ1) is 14.5. The number of rotatable bonds is 5. The van der Waals surface area contributed by atoms with E-state index in [0.29, 0.717) is 18.0 Å². The molecule has 3 nitrogen and oxygen atoms in total. The van der Waals surface area contributed by atoms with Crippen LogP contribution >= 0.6 is 0 Å². The maximum atomic E-state index is 14.1. The molecule has 112 valence electrons. The number of halogens is 1. The summed E-state index contributed by atoms with van der Waals surface area (Å²) in [5, 5.41) is 12.5. The van der Waals surface area contributed by atoms with Crippen LogP contribution in [-0.4, -0.2) is 30.6 Å². The van der Waals surface area contributed by atoms with Crippen LogP contribution in [0.25, 0.3) is 0 Å². The zero-order valence-electron chi connectivity index (χ0n) is 12.3. The van der Waals surface area contributed by atoms with Gasteiger partial charge in [0, 0.05) is 24.7 Å². The van der Waals surface area contributed by atoms with Gasteiger partial charge in [0.15, 0.2) is 0 Å². The van der Waals surface area contributed by atoms with Crippen molar-refractivity contribution < 1.29 is 4.39 Å². The van der Waals surface area contributed by atoms with Crippen LogP contribution in [-0.2, 0) is 6.54 Å². The molecule has 1 N–H and O–H groups in total. The molecule has 3 rings (SSSR count). The summed E-state index contributed by atoms with van der Waals surface area (Å²) >= 11 is 0. The second kappa shape index (κ2) is 6.55. The van der Waals surface area contributed by atoms with Gasteiger partial charge in [0.05, 0.1) is 5.56 Å². The van der Waals surface area contributed by atoms with E-state index in [4.69, 9.17) is 5.26 Å². The highest BCUT2D eigenvalue weighted by Crippen LogP contribution is 2.23. The summed E-state index contributed by atoms with van der Waals surface area (Å²) in [7, 11) is 0. The Bertz CT molecular complexity index is 533. The van der Waals surface area contributed by atoms with Crippen LogP contribution < -0.4 is 5.32 Å². The van der Waals surface area contributed by atoms with Gasteiger partial charge in [0.2, 0.25) is 0 Å². The van der Waals surface area contributed by atoms with Gasteiger partial charge in [-0.15, -0.1) is 0 Å². The topological polar surface area (TPSA) is 39.1 Å². The molecule has 1 aliphatic carbocycles. The quantitative estimate of drug-likeness (QED) is 0.905. The molecule has 1 unspecified atom stereocenters. The van der Waals surface area contributed by atoms with E-state index in [1.165, 1.54) is 31.7 Å². The van der Waals surface area contributed by atoms with E-state index in [9.17, 15) is 4.39 Å². The Morgan fingerprint density at radius 1 is 1.33 bits per heavy atom. The van der Waals surface area contributed by atoms with Crippen molar-refractivity contribution in [2.45, 2.75) is 38.3 Å². The molecular formula is C17H22FN3. The number of hydrogen-bond donors (Lipinski definition) is 1. The minimum absolute atomic E-state index is 0.149. The minimum atomic E-state index is -0.349. The summed E-state index contributed by atoms with van der Waals surface area (Å²) in [4.78, 5) is 2.32. The van der Waals surface area contributed by atoms with Crippen molar-refractivity contribution >= 4 is 0 Å². The molecule has 1 saturated heterocycles. The monoisotopic (exact) mass is 287 g/mol. The maximum absolute atomic E-state index is 14.1. The Morgan fingerprint density at radius 2 is 2.19 bits per heavy atom. The molecule has 1 aromatic rings. The van der Waals surface area contributed by atoms with Crippen LogP contribution in [0, 0.1) is 23.1 Å². The second-order valence-corrected chi connectivity index (χ2v) is 6.32. The molecule has 1 saturated carbocycles. The first-order valence-corrected chi connectivity index (χ1v) is 7.89. The average Bonchev–Trinajstić information content (AvgIpc) is 3.32.